The lowest BCUT2D eigenvalue weighted by atomic mass is 9.85. The van der Waals surface area contributed by atoms with Crippen molar-refractivity contribution in [2.45, 2.75) is 197 Å². The number of hydrogen-bond donors (Lipinski definition) is 9. The molecule has 0 aliphatic heterocycles. The van der Waals surface area contributed by atoms with Gasteiger partial charge < -0.3 is 54.8 Å². The Hall–Kier alpha value is -2.38. The van der Waals surface area contributed by atoms with E-state index in [0.717, 1.165) is 64.2 Å². The van der Waals surface area contributed by atoms with Crippen LogP contribution in [0.5, 0.6) is 0 Å². The minimum absolute atomic E-state index is 0.0250. The molecule has 0 radical (unpaired) electrons. The molecule has 376 valence electrons. The van der Waals surface area contributed by atoms with Crippen LogP contribution in [0.15, 0.2) is 60.8 Å². The van der Waals surface area contributed by atoms with Crippen LogP contribution in [0.3, 0.4) is 0 Å². The Morgan fingerprint density at radius 3 is 1.68 bits per heavy atom. The molecule has 9 N–H and O–H groups in total. The predicted octanol–water partition coefficient (Wildman–Crippen LogP) is 6.22. The van der Waals surface area contributed by atoms with Crippen LogP contribution in [-0.2, 0) is 41.8 Å². The maximum atomic E-state index is 13.0. The Morgan fingerprint density at radius 2 is 1.08 bits per heavy atom. The van der Waals surface area contributed by atoms with Crippen molar-refractivity contribution >= 4 is 27.6 Å². The number of aliphatic hydroxyl groups is 6. The monoisotopic (exact) mass is 968 g/mol. The van der Waals surface area contributed by atoms with Gasteiger partial charge in [-0.25, -0.2) is 9.13 Å². The van der Waals surface area contributed by atoms with Crippen LogP contribution >= 0.6 is 15.6 Å². The summed E-state index contributed by atoms with van der Waals surface area (Å²) in [5, 5.41) is 62.0. The molecule has 7 unspecified atom stereocenters. The Balaban J connectivity index is 2.74. The highest BCUT2D eigenvalue weighted by molar-refractivity contribution is 7.47. The molecule has 65 heavy (non-hydrogen) atoms. The van der Waals surface area contributed by atoms with E-state index in [1.807, 2.05) is 12.2 Å². The van der Waals surface area contributed by atoms with Crippen LogP contribution < -0.4 is 0 Å². The van der Waals surface area contributed by atoms with E-state index in [9.17, 15) is 54.3 Å². The van der Waals surface area contributed by atoms with Gasteiger partial charge in [-0.3, -0.25) is 23.2 Å². The van der Waals surface area contributed by atoms with Crippen molar-refractivity contribution in [3.63, 3.8) is 0 Å². The van der Waals surface area contributed by atoms with Crippen LogP contribution in [0.4, 0.5) is 0 Å². The minimum atomic E-state index is -5.40. The number of hydrogen-bond acceptors (Lipinski definition) is 15. The fraction of sp³-hybridized carbons (Fsp3) is 0.733. The first-order chi connectivity index (χ1) is 30.9. The fourth-order valence-electron chi connectivity index (χ4n) is 6.52. The molecule has 1 aliphatic carbocycles. The number of phosphoric acid groups is 2. The van der Waals surface area contributed by atoms with E-state index in [1.54, 1.807) is 6.08 Å². The molecule has 18 nitrogen and oxygen atoms in total. The van der Waals surface area contributed by atoms with Gasteiger partial charge in [-0.15, -0.1) is 0 Å². The summed E-state index contributed by atoms with van der Waals surface area (Å²) in [6.07, 6.45) is 17.6. The lowest BCUT2D eigenvalue weighted by molar-refractivity contribution is -0.216. The molecule has 20 heteroatoms. The van der Waals surface area contributed by atoms with Crippen LogP contribution in [0, 0.1) is 0 Å². The van der Waals surface area contributed by atoms with Crippen LogP contribution in [0.1, 0.15) is 142 Å². The van der Waals surface area contributed by atoms with Gasteiger partial charge in [0.25, 0.3) is 0 Å². The third kappa shape index (κ3) is 29.9. The maximum absolute atomic E-state index is 13.0. The van der Waals surface area contributed by atoms with Gasteiger partial charge in [0.2, 0.25) is 0 Å². The maximum Gasteiger partial charge on any atom is 0.472 e. The molecule has 0 aromatic rings. The number of carbonyl (C=O) groups is 2. The lowest BCUT2D eigenvalue weighted by Gasteiger charge is -2.43. The minimum Gasteiger partial charge on any atom is -0.462 e. The second kappa shape index (κ2) is 35.7. The molecular weight excluding hydrogens is 890 g/mol. The SMILES string of the molecule is CCC/C=C\C/C=C\CCCCCCCC(=O)OC[C@H](COP(=O)(O)O[C@H]1C(O)C(O)C(O)[C@@H](OP(=O)(O)O)C1O)OC(=O)CCCC(O)C(O)C/C=C\C/C=C\C/C=C\CCCCC. The smallest absolute Gasteiger partial charge is 0.462 e. The molecule has 0 bridgehead atoms. The zero-order chi connectivity index (χ0) is 48.5. The van der Waals surface area contributed by atoms with E-state index >= 15 is 0 Å². The molecule has 0 heterocycles. The second-order valence-electron chi connectivity index (χ2n) is 16.1. The van der Waals surface area contributed by atoms with Gasteiger partial charge in [-0.1, -0.05) is 113 Å². The summed E-state index contributed by atoms with van der Waals surface area (Å²) in [6, 6.07) is 0. The van der Waals surface area contributed by atoms with Gasteiger partial charge in [0.1, 0.15) is 43.2 Å². The summed E-state index contributed by atoms with van der Waals surface area (Å²) in [4.78, 5) is 54.2. The Morgan fingerprint density at radius 1 is 0.554 bits per heavy atom. The lowest BCUT2D eigenvalue weighted by Crippen LogP contribution is -2.64. The standard InChI is InChI=1S/C45H78O18P2/c1-3-5-7-9-11-13-15-17-19-21-23-25-27-31-38(48)59-33-35(34-60-65(57,58)63-45-42(52)40(50)41(51)44(43(45)53)62-64(54,55)56)61-39(49)32-28-30-37(47)36(46)29-26-24-22-20-18-16-14-12-10-8-6-4-2/h7,9,12-15,18,20,24,26,35-37,40-47,50-53H,3-6,8,10-11,16-17,19,21-23,25,27-34H2,1-2H3,(H,57,58)(H2,54,55,56)/b9-7-,14-12-,15-13-,20-18-,26-24-/t35-,36?,37?,40?,41?,42?,43?,44-,45+/m1/s1. The quantitative estimate of drug-likeness (QED) is 0.0144. The Kier molecular flexibility index (Phi) is 33.3. The van der Waals surface area contributed by atoms with Gasteiger partial charge in [-0.05, 0) is 77.0 Å². The van der Waals surface area contributed by atoms with Crippen LogP contribution in [0.2, 0.25) is 0 Å². The van der Waals surface area contributed by atoms with E-state index in [1.165, 1.54) is 19.3 Å². The van der Waals surface area contributed by atoms with Crippen LogP contribution in [0.25, 0.3) is 0 Å². The number of aliphatic hydroxyl groups excluding tert-OH is 6. The average Bonchev–Trinajstić information content (AvgIpc) is 3.25. The van der Waals surface area contributed by atoms with Crippen molar-refractivity contribution in [3.05, 3.63) is 60.8 Å². The summed E-state index contributed by atoms with van der Waals surface area (Å²) < 4.78 is 49.1. The van der Waals surface area contributed by atoms with Crippen molar-refractivity contribution in [3.8, 4) is 0 Å². The molecule has 1 saturated carbocycles. The molecule has 1 fully saturated rings. The van der Waals surface area contributed by atoms with E-state index in [4.69, 9.17) is 28.3 Å². The highest BCUT2D eigenvalue weighted by atomic mass is 31.2. The summed E-state index contributed by atoms with van der Waals surface area (Å²) in [5.41, 5.74) is 0. The normalized spacial score (nSPS) is 23.2. The number of unbranched alkanes of at least 4 members (excludes halogenated alkanes) is 9. The predicted molar refractivity (Wildman–Crippen MR) is 244 cm³/mol. The van der Waals surface area contributed by atoms with Crippen molar-refractivity contribution in [1.29, 1.82) is 0 Å². The number of allylic oxidation sites excluding steroid dienone is 9. The highest BCUT2D eigenvalue weighted by Crippen LogP contribution is 2.49. The summed E-state index contributed by atoms with van der Waals surface area (Å²) in [6.45, 7) is 2.74. The van der Waals surface area contributed by atoms with Crippen molar-refractivity contribution in [2.24, 2.45) is 0 Å². The Bertz CT molecular complexity index is 1530. The molecular formula is C45H78O18P2. The first-order valence-electron chi connectivity index (χ1n) is 23.0. The molecule has 1 aliphatic rings. The second-order valence-corrected chi connectivity index (χ2v) is 18.7. The molecule has 0 spiro atoms. The van der Waals surface area contributed by atoms with Crippen molar-refractivity contribution < 1.29 is 87.1 Å². The first kappa shape index (κ1) is 60.6. The highest BCUT2D eigenvalue weighted by Gasteiger charge is 2.54. The molecule has 0 aromatic carbocycles. The zero-order valence-electron chi connectivity index (χ0n) is 38.1. The van der Waals surface area contributed by atoms with Gasteiger partial charge in [0, 0.05) is 12.8 Å². The van der Waals surface area contributed by atoms with E-state index in [0.29, 0.717) is 12.8 Å². The van der Waals surface area contributed by atoms with Crippen LogP contribution in [-0.4, -0.2) is 125 Å². The van der Waals surface area contributed by atoms with Gasteiger partial charge in [0.15, 0.2) is 6.10 Å². The summed E-state index contributed by atoms with van der Waals surface area (Å²) in [5.74, 6) is -1.51. The van der Waals surface area contributed by atoms with E-state index in [2.05, 4.69) is 60.9 Å². The largest absolute Gasteiger partial charge is 0.472 e. The molecule has 0 aromatic heterocycles. The third-order valence-corrected chi connectivity index (χ3v) is 11.7. The molecule has 0 saturated heterocycles. The number of carbonyl (C=O) groups excluding carboxylic acids is 2. The van der Waals surface area contributed by atoms with Gasteiger partial charge in [0.05, 0.1) is 18.8 Å². The Labute approximate surface area is 384 Å². The number of esters is 2. The number of phosphoric ester groups is 2. The molecule has 0 amide bonds. The number of ether oxygens (including phenoxy) is 2. The van der Waals surface area contributed by atoms with E-state index < -0.39 is 95.7 Å². The first-order valence-corrected chi connectivity index (χ1v) is 26.0. The van der Waals surface area contributed by atoms with Gasteiger partial charge >= 0.3 is 27.6 Å². The zero-order valence-corrected chi connectivity index (χ0v) is 39.9. The number of rotatable bonds is 37. The molecule has 10 atom stereocenters. The average molecular weight is 969 g/mol. The topological polar surface area (TPSA) is 296 Å². The summed E-state index contributed by atoms with van der Waals surface area (Å²) in [7, 11) is -10.8. The summed E-state index contributed by atoms with van der Waals surface area (Å²) >= 11 is 0. The third-order valence-electron chi connectivity index (χ3n) is 10.2. The molecule has 1 rings (SSSR count). The fourth-order valence-corrected chi connectivity index (χ4v) is 8.06. The van der Waals surface area contributed by atoms with Crippen molar-refractivity contribution in [1.82, 2.24) is 0 Å². The van der Waals surface area contributed by atoms with Gasteiger partial charge in [-0.2, -0.15) is 0 Å². The van der Waals surface area contributed by atoms with E-state index in [-0.39, 0.29) is 32.1 Å². The van der Waals surface area contributed by atoms with Crippen molar-refractivity contribution in [2.75, 3.05) is 13.2 Å².